The first-order valence-electron chi connectivity index (χ1n) is 1.69. The average Bonchev–Trinajstić information content (AvgIpc) is 0.722. The third-order valence-electron chi connectivity index (χ3n) is 0. The first-order valence-corrected chi connectivity index (χ1v) is 11.4. The molecule has 0 fully saturated rings. The van der Waals surface area contributed by atoms with Crippen LogP contribution in [0.1, 0.15) is 0 Å². The normalized spacial score (nSPS) is 12.0. The van der Waals surface area contributed by atoms with Crippen LogP contribution in [-0.4, -0.2) is 0 Å². The Morgan fingerprint density at radius 2 is 1.20 bits per heavy atom. The van der Waals surface area contributed by atoms with Gasteiger partial charge in [0, 0.05) is 0 Å². The van der Waals surface area contributed by atoms with Crippen LogP contribution in [0.4, 0.5) is 0 Å². The molecule has 5 heavy (non-hydrogen) atoms. The van der Waals surface area contributed by atoms with Crippen molar-refractivity contribution in [3.05, 3.63) is 0 Å². The predicted octanol–water partition coefficient (Wildman–Crippen LogP) is 2.63. The predicted molar refractivity (Wildman–Crippen MR) is 31.6 cm³/mol. The zero-order valence-electron chi connectivity index (χ0n) is 3.88. The molecule has 0 aliphatic rings. The van der Waals surface area contributed by atoms with E-state index in [2.05, 4.69) is 34.9 Å². The Balaban J connectivity index is 3.02. The van der Waals surface area contributed by atoms with Crippen LogP contribution in [-0.2, 0) is 12.8 Å². The van der Waals surface area contributed by atoms with Crippen LogP contribution in [0.25, 0.3) is 0 Å². The summed E-state index contributed by atoms with van der Waals surface area (Å²) in [6, 6.07) is 0. The topological polar surface area (TPSA) is 0 Å². The molecule has 0 saturated heterocycles. The third kappa shape index (κ3) is 31.0. The van der Waals surface area contributed by atoms with E-state index in [0.29, 0.717) is 0 Å². The van der Waals surface area contributed by atoms with Gasteiger partial charge in [-0.05, 0) is 0 Å². The van der Waals surface area contributed by atoms with Gasteiger partial charge in [0.2, 0.25) is 0 Å². The molecule has 0 aliphatic carbocycles. The summed E-state index contributed by atoms with van der Waals surface area (Å²) in [5, 5.41) is 7.09. The molecule has 0 atom stereocenters. The van der Waals surface area contributed by atoms with Crippen molar-refractivity contribution in [1.82, 2.24) is 0 Å². The summed E-state index contributed by atoms with van der Waals surface area (Å²) < 4.78 is 0. The molecular formula is C3H9ITi. The summed E-state index contributed by atoms with van der Waals surface area (Å²) in [5.41, 5.74) is 0. The van der Waals surface area contributed by atoms with E-state index < -0.39 is 12.8 Å². The van der Waals surface area contributed by atoms with Gasteiger partial charge in [0.15, 0.2) is 0 Å². The van der Waals surface area contributed by atoms with Crippen molar-refractivity contribution < 1.29 is 12.8 Å². The summed E-state index contributed by atoms with van der Waals surface area (Å²) in [7, 11) is 0. The molecule has 0 spiro atoms. The molecule has 32 valence electrons. The van der Waals surface area contributed by atoms with Gasteiger partial charge in [0.1, 0.15) is 0 Å². The van der Waals surface area contributed by atoms with Crippen molar-refractivity contribution in [2.75, 3.05) is 0 Å². The zero-order valence-corrected chi connectivity index (χ0v) is 7.60. The molecule has 0 aromatic heterocycles. The Labute approximate surface area is 47.4 Å². The van der Waals surface area contributed by atoms with E-state index in [4.69, 9.17) is 0 Å². The van der Waals surface area contributed by atoms with Crippen LogP contribution in [0.15, 0.2) is 0 Å². The fourth-order valence-corrected chi connectivity index (χ4v) is 0. The number of hydrogen-bond acceptors (Lipinski definition) is 0. The Hall–Kier alpha value is 1.44. The van der Waals surface area contributed by atoms with Crippen LogP contribution in [0.3, 0.4) is 0 Å². The second-order valence-electron chi connectivity index (χ2n) is 2.07. The Kier molecular flexibility index (Phi) is 2.50. The average molecular weight is 220 g/mol. The second-order valence-corrected chi connectivity index (χ2v) is 21.9. The molecule has 2 heteroatoms. The van der Waals surface area contributed by atoms with E-state index >= 15 is 0 Å². The van der Waals surface area contributed by atoms with Gasteiger partial charge in [0.25, 0.3) is 0 Å². The molecule has 0 radical (unpaired) electrons. The standard InChI is InChI=1S/3CH3.HI.Ti/h3*1H3;1H;/q;;;;+1/p-1. The fourth-order valence-electron chi connectivity index (χ4n) is 0. The fraction of sp³-hybridized carbons (Fsp3) is 1.00. The van der Waals surface area contributed by atoms with Gasteiger partial charge in [-0.2, -0.15) is 0 Å². The molecule has 0 unspecified atom stereocenters. The number of rotatable bonds is 0. The number of hydrogen-bond donors (Lipinski definition) is 0. The Bertz CT molecular complexity index is 22.4. The van der Waals surface area contributed by atoms with Crippen LogP contribution in [0.5, 0.6) is 0 Å². The molecule has 0 amide bonds. The van der Waals surface area contributed by atoms with E-state index in [0.717, 1.165) is 0 Å². The van der Waals surface area contributed by atoms with Crippen molar-refractivity contribution in [3.63, 3.8) is 0 Å². The van der Waals surface area contributed by atoms with E-state index in [1.54, 1.807) is 0 Å². The molecule has 0 bridgehead atoms. The SMILES string of the molecule is [CH3][Ti]([CH3])([CH3])[I]. The summed E-state index contributed by atoms with van der Waals surface area (Å²) in [4.78, 5) is 0. The molecule has 0 N–H and O–H groups in total. The van der Waals surface area contributed by atoms with Crippen molar-refractivity contribution in [2.24, 2.45) is 0 Å². The van der Waals surface area contributed by atoms with Gasteiger partial charge < -0.3 is 0 Å². The maximum absolute atomic E-state index is 2.57. The monoisotopic (exact) mass is 220 g/mol. The number of halogens is 1. The van der Waals surface area contributed by atoms with Crippen molar-refractivity contribution >= 4 is 19.2 Å². The van der Waals surface area contributed by atoms with E-state index in [9.17, 15) is 0 Å². The van der Waals surface area contributed by atoms with E-state index in [1.807, 2.05) is 0 Å². The van der Waals surface area contributed by atoms with Crippen molar-refractivity contribution in [1.29, 1.82) is 0 Å². The summed E-state index contributed by atoms with van der Waals surface area (Å²) in [5.74, 6) is 0. The maximum atomic E-state index is 2.57. The van der Waals surface area contributed by atoms with E-state index in [1.165, 1.54) is 0 Å². The van der Waals surface area contributed by atoms with Crippen LogP contribution in [0.2, 0.25) is 15.7 Å². The molecule has 0 saturated carbocycles. The van der Waals surface area contributed by atoms with Crippen LogP contribution >= 0.6 is 19.2 Å². The second kappa shape index (κ2) is 1.94. The van der Waals surface area contributed by atoms with E-state index in [-0.39, 0.29) is 0 Å². The summed E-state index contributed by atoms with van der Waals surface area (Å²) in [6.45, 7) is 0. The molecule has 0 rings (SSSR count). The van der Waals surface area contributed by atoms with Gasteiger partial charge in [-0.3, -0.25) is 0 Å². The Morgan fingerprint density at radius 1 is 1.20 bits per heavy atom. The zero-order chi connectivity index (χ0) is 4.50. The first kappa shape index (κ1) is 6.44. The quantitative estimate of drug-likeness (QED) is 0.434. The molecular weight excluding hydrogens is 211 g/mol. The molecule has 0 aromatic rings. The van der Waals surface area contributed by atoms with Crippen LogP contribution in [0, 0.1) is 0 Å². The molecule has 0 aromatic carbocycles. The molecule has 0 aliphatic heterocycles. The minimum atomic E-state index is -1.03. The van der Waals surface area contributed by atoms with Crippen molar-refractivity contribution in [2.45, 2.75) is 15.7 Å². The van der Waals surface area contributed by atoms with Gasteiger partial charge in [-0.1, -0.05) is 0 Å². The summed E-state index contributed by atoms with van der Waals surface area (Å²) >= 11 is 1.54. The minimum absolute atomic E-state index is 1.03. The Morgan fingerprint density at radius 3 is 1.20 bits per heavy atom. The summed E-state index contributed by atoms with van der Waals surface area (Å²) in [6.07, 6.45) is 0. The van der Waals surface area contributed by atoms with Gasteiger partial charge in [-0.25, -0.2) is 0 Å². The van der Waals surface area contributed by atoms with Gasteiger partial charge in [-0.15, -0.1) is 0 Å². The first-order chi connectivity index (χ1) is 2.00. The molecule has 0 nitrogen and oxygen atoms in total. The molecule has 0 heterocycles. The van der Waals surface area contributed by atoms with Gasteiger partial charge in [0.05, 0.1) is 0 Å². The van der Waals surface area contributed by atoms with Crippen LogP contribution < -0.4 is 0 Å². The van der Waals surface area contributed by atoms with Gasteiger partial charge >= 0.3 is 47.7 Å². The van der Waals surface area contributed by atoms with Crippen molar-refractivity contribution in [3.8, 4) is 0 Å². The third-order valence-corrected chi connectivity index (χ3v) is 0.